The van der Waals surface area contributed by atoms with E-state index in [0.29, 0.717) is 35.8 Å². The standard InChI is InChI=1S/C30H27N3O4S/c1-33(25-13-4-2-5-14-25)29(35)23-11-8-12-24(20-23)31-30(38)32-28(34)22-10-9-17-27(21-22)37-19-18-36-26-15-6-3-7-16-26/h2-17,20-21H,18-19H2,1H3,(H2,31,32,34,38). The second-order valence-corrected chi connectivity index (χ2v) is 8.63. The molecule has 0 aliphatic heterocycles. The van der Waals surface area contributed by atoms with E-state index in [1.165, 1.54) is 0 Å². The highest BCUT2D eigenvalue weighted by molar-refractivity contribution is 7.80. The third-order valence-electron chi connectivity index (χ3n) is 5.50. The number of thiocarbonyl (C=S) groups is 1. The molecule has 4 rings (SSSR count). The molecule has 0 fully saturated rings. The molecule has 4 aromatic rings. The lowest BCUT2D eigenvalue weighted by atomic mass is 10.1. The number of hydrogen-bond donors (Lipinski definition) is 2. The maximum absolute atomic E-state index is 12.9. The smallest absolute Gasteiger partial charge is 0.258 e. The van der Waals surface area contributed by atoms with Crippen LogP contribution in [0.1, 0.15) is 20.7 Å². The molecule has 0 spiro atoms. The minimum atomic E-state index is -0.385. The van der Waals surface area contributed by atoms with E-state index in [1.807, 2.05) is 60.7 Å². The topological polar surface area (TPSA) is 79.9 Å². The van der Waals surface area contributed by atoms with Gasteiger partial charge < -0.3 is 19.7 Å². The first-order valence-corrected chi connectivity index (χ1v) is 12.4. The summed E-state index contributed by atoms with van der Waals surface area (Å²) >= 11 is 5.33. The van der Waals surface area contributed by atoms with Gasteiger partial charge in [0.15, 0.2) is 5.11 Å². The first-order chi connectivity index (χ1) is 18.5. The first-order valence-electron chi connectivity index (χ1n) is 12.0. The molecule has 4 aromatic carbocycles. The molecular formula is C30H27N3O4S. The fourth-order valence-corrected chi connectivity index (χ4v) is 3.80. The number of rotatable bonds is 9. The second kappa shape index (κ2) is 13.0. The summed E-state index contributed by atoms with van der Waals surface area (Å²) in [6, 6.07) is 32.6. The van der Waals surface area contributed by atoms with Gasteiger partial charge in [0, 0.05) is 29.5 Å². The quantitative estimate of drug-likeness (QED) is 0.220. The van der Waals surface area contributed by atoms with Crippen LogP contribution >= 0.6 is 12.2 Å². The van der Waals surface area contributed by atoms with Gasteiger partial charge >= 0.3 is 0 Å². The van der Waals surface area contributed by atoms with Crippen molar-refractivity contribution in [2.75, 3.05) is 30.5 Å². The molecule has 0 heterocycles. The fourth-order valence-electron chi connectivity index (χ4n) is 3.59. The molecule has 2 N–H and O–H groups in total. The number of para-hydroxylation sites is 2. The Morgan fingerprint density at radius 2 is 1.34 bits per heavy atom. The van der Waals surface area contributed by atoms with Crippen LogP contribution < -0.4 is 25.0 Å². The molecule has 0 atom stereocenters. The van der Waals surface area contributed by atoms with Crippen molar-refractivity contribution >= 4 is 40.5 Å². The first kappa shape index (κ1) is 26.4. The van der Waals surface area contributed by atoms with Gasteiger partial charge in [-0.15, -0.1) is 0 Å². The van der Waals surface area contributed by atoms with Crippen LogP contribution in [0, 0.1) is 0 Å². The molecule has 2 amide bonds. The predicted octanol–water partition coefficient (Wildman–Crippen LogP) is 5.55. The van der Waals surface area contributed by atoms with Gasteiger partial charge in [0.05, 0.1) is 0 Å². The maximum atomic E-state index is 12.9. The van der Waals surface area contributed by atoms with Gasteiger partial charge in [-0.2, -0.15) is 0 Å². The third kappa shape index (κ3) is 7.41. The van der Waals surface area contributed by atoms with E-state index in [4.69, 9.17) is 21.7 Å². The van der Waals surface area contributed by atoms with Crippen LogP contribution in [0.2, 0.25) is 0 Å². The van der Waals surface area contributed by atoms with Crippen molar-refractivity contribution in [3.63, 3.8) is 0 Å². The Balaban J connectivity index is 1.29. The van der Waals surface area contributed by atoms with Gasteiger partial charge in [-0.3, -0.25) is 14.9 Å². The lowest BCUT2D eigenvalue weighted by Gasteiger charge is -2.18. The van der Waals surface area contributed by atoms with E-state index in [2.05, 4.69) is 10.6 Å². The van der Waals surface area contributed by atoms with Gasteiger partial charge in [-0.25, -0.2) is 0 Å². The SMILES string of the molecule is CN(C(=O)c1cccc(NC(=S)NC(=O)c2cccc(OCCOc3ccccc3)c2)c1)c1ccccc1. The highest BCUT2D eigenvalue weighted by Gasteiger charge is 2.14. The zero-order valence-electron chi connectivity index (χ0n) is 20.8. The third-order valence-corrected chi connectivity index (χ3v) is 5.71. The number of nitrogens with zero attached hydrogens (tertiary/aromatic N) is 1. The second-order valence-electron chi connectivity index (χ2n) is 8.23. The van der Waals surface area contributed by atoms with Gasteiger partial charge in [0.2, 0.25) is 0 Å². The Kier molecular flexibility index (Phi) is 9.04. The Morgan fingerprint density at radius 3 is 2.08 bits per heavy atom. The largest absolute Gasteiger partial charge is 0.490 e. The number of anilines is 2. The van der Waals surface area contributed by atoms with Gasteiger partial charge in [-0.05, 0) is 72.9 Å². The van der Waals surface area contributed by atoms with Crippen molar-refractivity contribution in [3.05, 3.63) is 120 Å². The Labute approximate surface area is 227 Å². The molecule has 0 saturated heterocycles. The number of ether oxygens (including phenoxy) is 2. The van der Waals surface area contributed by atoms with Crippen molar-refractivity contribution < 1.29 is 19.1 Å². The Morgan fingerprint density at radius 1 is 0.737 bits per heavy atom. The molecule has 7 nitrogen and oxygen atoms in total. The summed E-state index contributed by atoms with van der Waals surface area (Å²) in [5.41, 5.74) is 2.24. The zero-order valence-corrected chi connectivity index (χ0v) is 21.6. The maximum Gasteiger partial charge on any atom is 0.258 e. The lowest BCUT2D eigenvalue weighted by molar-refractivity contribution is 0.0973. The van der Waals surface area contributed by atoms with E-state index < -0.39 is 0 Å². The minimum Gasteiger partial charge on any atom is -0.490 e. The summed E-state index contributed by atoms with van der Waals surface area (Å²) in [5, 5.41) is 5.74. The number of benzene rings is 4. The van der Waals surface area contributed by atoms with Gasteiger partial charge in [0.25, 0.3) is 11.8 Å². The van der Waals surface area contributed by atoms with Crippen LogP contribution in [0.15, 0.2) is 109 Å². The number of carbonyl (C=O) groups excluding carboxylic acids is 2. The van der Waals surface area contributed by atoms with E-state index in [9.17, 15) is 9.59 Å². The van der Waals surface area contributed by atoms with Crippen molar-refractivity contribution in [2.24, 2.45) is 0 Å². The molecule has 0 saturated carbocycles. The minimum absolute atomic E-state index is 0.110. The van der Waals surface area contributed by atoms with Gasteiger partial charge in [-0.1, -0.05) is 48.5 Å². The van der Waals surface area contributed by atoms with Crippen LogP contribution in [0.5, 0.6) is 11.5 Å². The van der Waals surface area contributed by atoms with Crippen LogP contribution in [-0.2, 0) is 0 Å². The van der Waals surface area contributed by atoms with E-state index in [-0.39, 0.29) is 16.9 Å². The van der Waals surface area contributed by atoms with E-state index in [1.54, 1.807) is 60.5 Å². The summed E-state index contributed by atoms with van der Waals surface area (Å²) in [4.78, 5) is 27.2. The van der Waals surface area contributed by atoms with Crippen LogP contribution in [0.3, 0.4) is 0 Å². The average molecular weight is 526 g/mol. The fraction of sp³-hybridized carbons (Fsp3) is 0.100. The Bertz CT molecular complexity index is 1400. The normalized spacial score (nSPS) is 10.2. The molecule has 0 aliphatic rings. The summed E-state index contributed by atoms with van der Waals surface area (Å²) < 4.78 is 11.3. The molecule has 8 heteroatoms. The van der Waals surface area contributed by atoms with E-state index >= 15 is 0 Å². The van der Waals surface area contributed by atoms with Gasteiger partial charge in [0.1, 0.15) is 24.7 Å². The highest BCUT2D eigenvalue weighted by Crippen LogP contribution is 2.18. The molecule has 192 valence electrons. The number of nitrogens with one attached hydrogen (secondary N) is 2. The molecule has 0 aliphatic carbocycles. The van der Waals surface area contributed by atoms with Crippen molar-refractivity contribution in [1.82, 2.24) is 5.32 Å². The van der Waals surface area contributed by atoms with Crippen molar-refractivity contribution in [3.8, 4) is 11.5 Å². The van der Waals surface area contributed by atoms with Crippen LogP contribution in [0.25, 0.3) is 0 Å². The van der Waals surface area contributed by atoms with Crippen LogP contribution in [0.4, 0.5) is 11.4 Å². The Hall–Kier alpha value is -4.69. The van der Waals surface area contributed by atoms with Crippen molar-refractivity contribution in [1.29, 1.82) is 0 Å². The highest BCUT2D eigenvalue weighted by atomic mass is 32.1. The number of carbonyl (C=O) groups is 2. The number of hydrogen-bond acceptors (Lipinski definition) is 5. The summed E-state index contributed by atoms with van der Waals surface area (Å²) in [6.45, 7) is 0.700. The zero-order chi connectivity index (χ0) is 26.7. The monoisotopic (exact) mass is 525 g/mol. The molecule has 0 unspecified atom stereocenters. The molecule has 0 aromatic heterocycles. The molecule has 0 radical (unpaired) electrons. The summed E-state index contributed by atoms with van der Waals surface area (Å²) in [7, 11) is 1.72. The van der Waals surface area contributed by atoms with Crippen molar-refractivity contribution in [2.45, 2.75) is 0 Å². The predicted molar refractivity (Wildman–Crippen MR) is 153 cm³/mol. The van der Waals surface area contributed by atoms with E-state index in [0.717, 1.165) is 11.4 Å². The molecule has 0 bridgehead atoms. The lowest BCUT2D eigenvalue weighted by Crippen LogP contribution is -2.34. The number of amides is 2. The summed E-state index contributed by atoms with van der Waals surface area (Å²) in [6.07, 6.45) is 0. The van der Waals surface area contributed by atoms with Crippen LogP contribution in [-0.4, -0.2) is 37.2 Å². The summed E-state index contributed by atoms with van der Waals surface area (Å²) in [5.74, 6) is 0.760. The molecular weight excluding hydrogens is 498 g/mol. The molecule has 38 heavy (non-hydrogen) atoms. The average Bonchev–Trinajstić information content (AvgIpc) is 2.96.